The van der Waals surface area contributed by atoms with Gasteiger partial charge in [0.2, 0.25) is 5.91 Å². The summed E-state index contributed by atoms with van der Waals surface area (Å²) in [5.41, 5.74) is -0.370. The minimum atomic E-state index is -0.665. The van der Waals surface area contributed by atoms with E-state index in [-0.39, 0.29) is 5.91 Å². The molecule has 2 rings (SSSR count). The van der Waals surface area contributed by atoms with Crippen LogP contribution in [-0.2, 0) is 9.53 Å². The second-order valence-corrected chi connectivity index (χ2v) is 5.54. The number of carbonyl (C=O) groups excluding carboxylic acids is 2. The highest BCUT2D eigenvalue weighted by Gasteiger charge is 2.39. The number of nitrogens with one attached hydrogen (secondary N) is 1. The molecule has 1 aromatic rings. The number of hydrogen-bond acceptors (Lipinski definition) is 6. The Labute approximate surface area is 115 Å². The summed E-state index contributed by atoms with van der Waals surface area (Å²) >= 11 is 1.35. The highest BCUT2D eigenvalue weighted by Crippen LogP contribution is 2.29. The number of rotatable bonds is 3. The average Bonchev–Trinajstić information content (AvgIpc) is 2.82. The van der Waals surface area contributed by atoms with E-state index in [1.54, 1.807) is 12.3 Å². The van der Waals surface area contributed by atoms with Gasteiger partial charge in [-0.25, -0.2) is 9.78 Å². The first-order chi connectivity index (χ1) is 8.96. The van der Waals surface area contributed by atoms with Crippen LogP contribution in [0.15, 0.2) is 5.38 Å². The van der Waals surface area contributed by atoms with Crippen LogP contribution < -0.4 is 10.2 Å². The van der Waals surface area contributed by atoms with E-state index in [0.29, 0.717) is 30.5 Å². The molecule has 1 N–H and O–H groups in total. The van der Waals surface area contributed by atoms with Crippen LogP contribution in [0.4, 0.5) is 5.13 Å². The van der Waals surface area contributed by atoms with Gasteiger partial charge in [-0.1, -0.05) is 0 Å². The zero-order valence-electron chi connectivity index (χ0n) is 11.2. The summed E-state index contributed by atoms with van der Waals surface area (Å²) in [6.07, 6.45) is 0. The lowest BCUT2D eigenvalue weighted by Gasteiger charge is -2.40. The summed E-state index contributed by atoms with van der Waals surface area (Å²) < 4.78 is 4.91. The third kappa shape index (κ3) is 2.56. The number of aromatic nitrogens is 1. The van der Waals surface area contributed by atoms with Gasteiger partial charge in [-0.15, -0.1) is 11.3 Å². The second kappa shape index (κ2) is 5.16. The van der Waals surface area contributed by atoms with Crippen LogP contribution in [-0.4, -0.2) is 42.1 Å². The zero-order chi connectivity index (χ0) is 14.0. The molecule has 6 nitrogen and oxygen atoms in total. The molecule has 7 heteroatoms. The fraction of sp³-hybridized carbons (Fsp3) is 0.583. The standard InChI is InChI=1S/C12H17N3O3S/c1-4-18-9(16)8-7-19-11(14-8)15-6-5-13-10(17)12(15,2)3/h7H,4-6H2,1-3H3,(H,13,17). The molecule has 1 aliphatic rings. The number of piperazine rings is 1. The van der Waals surface area contributed by atoms with E-state index < -0.39 is 11.5 Å². The zero-order valence-corrected chi connectivity index (χ0v) is 12.0. The summed E-state index contributed by atoms with van der Waals surface area (Å²) in [4.78, 5) is 29.7. The van der Waals surface area contributed by atoms with Crippen molar-refractivity contribution in [1.29, 1.82) is 0 Å². The number of hydrogen-bond donors (Lipinski definition) is 1. The number of carbonyl (C=O) groups is 2. The van der Waals surface area contributed by atoms with Gasteiger partial charge in [0.1, 0.15) is 5.54 Å². The molecule has 0 saturated carbocycles. The van der Waals surface area contributed by atoms with Crippen LogP contribution >= 0.6 is 11.3 Å². The lowest BCUT2D eigenvalue weighted by molar-refractivity contribution is -0.126. The molecule has 0 unspecified atom stereocenters. The average molecular weight is 283 g/mol. The maximum absolute atomic E-state index is 11.9. The quantitative estimate of drug-likeness (QED) is 0.839. The fourth-order valence-electron chi connectivity index (χ4n) is 1.92. The van der Waals surface area contributed by atoms with Crippen LogP contribution in [0.3, 0.4) is 0 Å². The SMILES string of the molecule is CCOC(=O)c1csc(N2CCNC(=O)C2(C)C)n1. The number of thiazole rings is 1. The van der Waals surface area contributed by atoms with Gasteiger partial charge < -0.3 is 15.0 Å². The van der Waals surface area contributed by atoms with Gasteiger partial charge in [0.25, 0.3) is 0 Å². The maximum Gasteiger partial charge on any atom is 0.357 e. The highest BCUT2D eigenvalue weighted by atomic mass is 32.1. The second-order valence-electron chi connectivity index (χ2n) is 4.70. The number of esters is 1. The third-order valence-electron chi connectivity index (χ3n) is 3.06. The van der Waals surface area contributed by atoms with Crippen LogP contribution in [0.25, 0.3) is 0 Å². The molecule has 1 aliphatic heterocycles. The van der Waals surface area contributed by atoms with E-state index in [2.05, 4.69) is 10.3 Å². The molecule has 0 atom stereocenters. The monoisotopic (exact) mass is 283 g/mol. The first-order valence-electron chi connectivity index (χ1n) is 6.15. The van der Waals surface area contributed by atoms with Crippen molar-refractivity contribution >= 4 is 28.3 Å². The lowest BCUT2D eigenvalue weighted by Crippen LogP contribution is -2.62. The number of amides is 1. The Balaban J connectivity index is 2.22. The Morgan fingerprint density at radius 2 is 2.37 bits per heavy atom. The molecule has 19 heavy (non-hydrogen) atoms. The van der Waals surface area contributed by atoms with Crippen LogP contribution in [0.1, 0.15) is 31.3 Å². The molecule has 0 aliphatic carbocycles. The van der Waals surface area contributed by atoms with Crippen molar-refractivity contribution in [2.24, 2.45) is 0 Å². The summed E-state index contributed by atoms with van der Waals surface area (Å²) in [7, 11) is 0. The molecule has 0 radical (unpaired) electrons. The number of nitrogens with zero attached hydrogens (tertiary/aromatic N) is 2. The van der Waals surface area contributed by atoms with Gasteiger partial charge in [-0.3, -0.25) is 4.79 Å². The molecule has 1 fully saturated rings. The van der Waals surface area contributed by atoms with E-state index in [4.69, 9.17) is 4.74 Å². The molecular formula is C12H17N3O3S. The van der Waals surface area contributed by atoms with Crippen LogP contribution in [0, 0.1) is 0 Å². The van der Waals surface area contributed by atoms with Gasteiger partial charge in [-0.05, 0) is 20.8 Å². The molecule has 1 amide bonds. The predicted molar refractivity (Wildman–Crippen MR) is 72.5 cm³/mol. The Morgan fingerprint density at radius 3 is 3.05 bits per heavy atom. The molecule has 1 aromatic heterocycles. The Morgan fingerprint density at radius 1 is 1.63 bits per heavy atom. The van der Waals surface area contributed by atoms with Crippen molar-refractivity contribution in [2.75, 3.05) is 24.6 Å². The third-order valence-corrected chi connectivity index (χ3v) is 3.92. The first kappa shape index (κ1) is 13.8. The van der Waals surface area contributed by atoms with Crippen molar-refractivity contribution in [3.8, 4) is 0 Å². The van der Waals surface area contributed by atoms with E-state index in [0.717, 1.165) is 0 Å². The molecule has 0 aromatic carbocycles. The topological polar surface area (TPSA) is 71.5 Å². The molecular weight excluding hydrogens is 266 g/mol. The van der Waals surface area contributed by atoms with E-state index in [1.165, 1.54) is 11.3 Å². The van der Waals surface area contributed by atoms with Crippen molar-refractivity contribution in [3.05, 3.63) is 11.1 Å². The smallest absolute Gasteiger partial charge is 0.357 e. The summed E-state index contributed by atoms with van der Waals surface area (Å²) in [6, 6.07) is 0. The Kier molecular flexibility index (Phi) is 3.75. The highest BCUT2D eigenvalue weighted by molar-refractivity contribution is 7.14. The van der Waals surface area contributed by atoms with Gasteiger partial charge >= 0.3 is 5.97 Å². The molecule has 104 valence electrons. The molecule has 1 saturated heterocycles. The fourth-order valence-corrected chi connectivity index (χ4v) is 2.89. The van der Waals surface area contributed by atoms with Gasteiger partial charge in [0.05, 0.1) is 6.61 Å². The van der Waals surface area contributed by atoms with Crippen molar-refractivity contribution in [1.82, 2.24) is 10.3 Å². The van der Waals surface area contributed by atoms with Crippen molar-refractivity contribution < 1.29 is 14.3 Å². The van der Waals surface area contributed by atoms with Crippen LogP contribution in [0.5, 0.6) is 0 Å². The van der Waals surface area contributed by atoms with Gasteiger partial charge in [0, 0.05) is 18.5 Å². The lowest BCUT2D eigenvalue weighted by atomic mass is 10.00. The van der Waals surface area contributed by atoms with Crippen molar-refractivity contribution in [3.63, 3.8) is 0 Å². The van der Waals surface area contributed by atoms with Gasteiger partial charge in [-0.2, -0.15) is 0 Å². The number of ether oxygens (including phenoxy) is 1. The Bertz CT molecular complexity index is 498. The summed E-state index contributed by atoms with van der Waals surface area (Å²) in [5.74, 6) is -0.462. The van der Waals surface area contributed by atoms with E-state index in [9.17, 15) is 9.59 Å². The minimum absolute atomic E-state index is 0.0355. The largest absolute Gasteiger partial charge is 0.461 e. The Hall–Kier alpha value is -1.63. The van der Waals surface area contributed by atoms with E-state index in [1.807, 2.05) is 18.7 Å². The van der Waals surface area contributed by atoms with Crippen molar-refractivity contribution in [2.45, 2.75) is 26.3 Å². The summed E-state index contributed by atoms with van der Waals surface area (Å²) in [5, 5.41) is 5.16. The van der Waals surface area contributed by atoms with Gasteiger partial charge in [0.15, 0.2) is 10.8 Å². The predicted octanol–water partition coefficient (Wildman–Crippen LogP) is 1.03. The maximum atomic E-state index is 11.9. The molecule has 0 bridgehead atoms. The summed E-state index contributed by atoms with van der Waals surface area (Å²) in [6.45, 7) is 7.01. The normalized spacial score (nSPS) is 18.1. The van der Waals surface area contributed by atoms with Crippen LogP contribution in [0.2, 0.25) is 0 Å². The number of anilines is 1. The minimum Gasteiger partial charge on any atom is -0.461 e. The first-order valence-corrected chi connectivity index (χ1v) is 7.03. The van der Waals surface area contributed by atoms with E-state index >= 15 is 0 Å². The molecule has 0 spiro atoms. The molecule has 2 heterocycles.